The number of nitrogens with zero attached hydrogens (tertiary/aromatic N) is 3. The number of halogens is 3. The van der Waals surface area contributed by atoms with Crippen LogP contribution >= 0.6 is 0 Å². The highest BCUT2D eigenvalue weighted by atomic mass is 19.4. The third-order valence-electron chi connectivity index (χ3n) is 6.58. The van der Waals surface area contributed by atoms with Crippen molar-refractivity contribution in [2.45, 2.75) is 56.1 Å². The van der Waals surface area contributed by atoms with Crippen molar-refractivity contribution in [3.8, 4) is 0 Å². The first-order valence-electron chi connectivity index (χ1n) is 9.12. The van der Waals surface area contributed by atoms with Crippen LogP contribution in [0, 0.1) is 5.41 Å². The lowest BCUT2D eigenvalue weighted by atomic mass is 9.50. The Morgan fingerprint density at radius 2 is 1.89 bits per heavy atom. The third-order valence-corrected chi connectivity index (χ3v) is 6.58. The fourth-order valence-electron chi connectivity index (χ4n) is 4.61. The molecule has 1 aromatic carbocycles. The zero-order chi connectivity index (χ0) is 19.4. The van der Waals surface area contributed by atoms with E-state index in [9.17, 15) is 18.0 Å². The second-order valence-corrected chi connectivity index (χ2v) is 7.81. The topological polar surface area (TPSA) is 54.3 Å². The summed E-state index contributed by atoms with van der Waals surface area (Å²) >= 11 is 0. The van der Waals surface area contributed by atoms with Crippen molar-refractivity contribution >= 4 is 5.91 Å². The highest BCUT2D eigenvalue weighted by molar-refractivity contribution is 5.79. The Kier molecular flexibility index (Phi) is 4.10. The average molecular weight is 381 g/mol. The molecule has 2 aliphatic carbocycles. The number of carbonyl (C=O) groups is 1. The third kappa shape index (κ3) is 2.68. The Labute approximate surface area is 155 Å². The first-order chi connectivity index (χ1) is 12.7. The van der Waals surface area contributed by atoms with Gasteiger partial charge in [0.15, 0.2) is 0 Å². The summed E-state index contributed by atoms with van der Waals surface area (Å²) in [6, 6.07) is 5.99. The minimum Gasteiger partial charge on any atom is -0.381 e. The van der Waals surface area contributed by atoms with Crippen molar-refractivity contribution in [3.63, 3.8) is 0 Å². The van der Waals surface area contributed by atoms with Gasteiger partial charge in [0.2, 0.25) is 5.91 Å². The molecule has 1 aliphatic heterocycles. The van der Waals surface area contributed by atoms with E-state index in [1.807, 2.05) is 7.05 Å². The molecule has 2 saturated carbocycles. The number of hydrogen-bond donors (Lipinski definition) is 0. The van der Waals surface area contributed by atoms with Crippen LogP contribution in [0.25, 0.3) is 0 Å². The van der Waals surface area contributed by atoms with E-state index in [2.05, 4.69) is 10.2 Å². The molecular formula is C19H22F3N3O2. The lowest BCUT2D eigenvalue weighted by molar-refractivity contribution is -0.194. The summed E-state index contributed by atoms with van der Waals surface area (Å²) in [5, 5.41) is 6.39. The molecule has 1 aromatic rings. The predicted molar refractivity (Wildman–Crippen MR) is 91.0 cm³/mol. The second-order valence-electron chi connectivity index (χ2n) is 7.81. The van der Waals surface area contributed by atoms with Gasteiger partial charge in [-0.15, -0.1) is 10.2 Å². The van der Waals surface area contributed by atoms with Gasteiger partial charge in [-0.25, -0.2) is 0 Å². The minimum absolute atomic E-state index is 0.0186. The molecule has 2 fully saturated rings. The predicted octanol–water partition coefficient (Wildman–Crippen LogP) is 3.83. The quantitative estimate of drug-likeness (QED) is 0.779. The number of benzene rings is 1. The maximum atomic E-state index is 13.0. The van der Waals surface area contributed by atoms with E-state index in [-0.39, 0.29) is 35.5 Å². The lowest BCUT2D eigenvalue weighted by Crippen LogP contribution is -2.67. The largest absolute Gasteiger partial charge is 0.442 e. The van der Waals surface area contributed by atoms with Crippen LogP contribution in [0.5, 0.6) is 0 Å². The standard InChI is InChI=1S/C19H22F3N3O2/c1-25(14-11-15(27-2)17(14)8-3-9-17)16(26)10-12-4-6-13(7-5-12)18(23-24-18)19(20,21)22/h4-7,14-15H,3,8-11H2,1-2H3. The van der Waals surface area contributed by atoms with Gasteiger partial charge in [-0.3, -0.25) is 4.79 Å². The fraction of sp³-hybridized carbons (Fsp3) is 0.632. The van der Waals surface area contributed by atoms with Crippen molar-refractivity contribution in [1.29, 1.82) is 0 Å². The molecule has 1 heterocycles. The van der Waals surface area contributed by atoms with E-state index in [0.717, 1.165) is 25.7 Å². The zero-order valence-electron chi connectivity index (χ0n) is 15.3. The van der Waals surface area contributed by atoms with Gasteiger partial charge < -0.3 is 9.64 Å². The summed E-state index contributed by atoms with van der Waals surface area (Å²) in [5.41, 5.74) is -1.66. The molecule has 27 heavy (non-hydrogen) atoms. The maximum Gasteiger partial charge on any atom is 0.442 e. The molecule has 0 radical (unpaired) electrons. The Morgan fingerprint density at radius 1 is 1.26 bits per heavy atom. The smallest absolute Gasteiger partial charge is 0.381 e. The molecule has 4 rings (SSSR count). The van der Waals surface area contributed by atoms with Crippen LogP contribution in [-0.4, -0.2) is 43.3 Å². The number of likely N-dealkylation sites (N-methyl/N-ethyl adjacent to an activating group) is 1. The van der Waals surface area contributed by atoms with Crippen molar-refractivity contribution < 1.29 is 22.7 Å². The van der Waals surface area contributed by atoms with Crippen molar-refractivity contribution in [2.24, 2.45) is 15.6 Å². The highest BCUT2D eigenvalue weighted by Gasteiger charge is 2.65. The number of hydrogen-bond acceptors (Lipinski definition) is 4. The zero-order valence-corrected chi connectivity index (χ0v) is 15.3. The summed E-state index contributed by atoms with van der Waals surface area (Å²) < 4.78 is 44.7. The van der Waals surface area contributed by atoms with Crippen LogP contribution in [-0.2, 0) is 21.6 Å². The van der Waals surface area contributed by atoms with Gasteiger partial charge in [-0.2, -0.15) is 13.2 Å². The Morgan fingerprint density at radius 3 is 2.33 bits per heavy atom. The summed E-state index contributed by atoms with van der Waals surface area (Å²) in [7, 11) is 3.53. The van der Waals surface area contributed by atoms with E-state index >= 15 is 0 Å². The SMILES string of the molecule is COC1CC(N(C)C(=O)Cc2ccc(C3(C(F)(F)F)N=N3)cc2)C12CCC2. The molecule has 0 N–H and O–H groups in total. The van der Waals surface area contributed by atoms with E-state index in [1.165, 1.54) is 12.1 Å². The average Bonchev–Trinajstić information content (AvgIpc) is 3.35. The van der Waals surface area contributed by atoms with Crippen LogP contribution in [0.2, 0.25) is 0 Å². The van der Waals surface area contributed by atoms with Crippen molar-refractivity contribution in [2.75, 3.05) is 14.2 Å². The molecule has 0 saturated heterocycles. The fourth-order valence-corrected chi connectivity index (χ4v) is 4.61. The van der Waals surface area contributed by atoms with Gasteiger partial charge in [0.05, 0.1) is 12.5 Å². The normalized spacial score (nSPS) is 27.0. The maximum absolute atomic E-state index is 13.0. The second kappa shape index (κ2) is 6.02. The molecule has 0 bridgehead atoms. The molecule has 1 spiro atoms. The van der Waals surface area contributed by atoms with Crippen molar-refractivity contribution in [3.05, 3.63) is 35.4 Å². The van der Waals surface area contributed by atoms with Gasteiger partial charge in [-0.05, 0) is 24.8 Å². The number of methoxy groups -OCH3 is 1. The molecule has 3 aliphatic rings. The number of ether oxygens (including phenoxy) is 1. The van der Waals surface area contributed by atoms with E-state index in [4.69, 9.17) is 4.74 Å². The van der Waals surface area contributed by atoms with Gasteiger partial charge in [0, 0.05) is 31.2 Å². The monoisotopic (exact) mass is 381 g/mol. The van der Waals surface area contributed by atoms with Crippen LogP contribution in [0.3, 0.4) is 0 Å². The Bertz CT molecular complexity index is 765. The van der Waals surface area contributed by atoms with Crippen LogP contribution in [0.1, 0.15) is 36.8 Å². The minimum atomic E-state index is -4.54. The number of alkyl halides is 3. The summed E-state index contributed by atoms with van der Waals surface area (Å²) in [6.07, 6.45) is 0.00347. The highest BCUT2D eigenvalue weighted by Crippen LogP contribution is 2.58. The number of carbonyl (C=O) groups excluding carboxylic acids is 1. The summed E-state index contributed by atoms with van der Waals surface area (Å²) in [6.45, 7) is 0. The molecular weight excluding hydrogens is 359 g/mol. The van der Waals surface area contributed by atoms with E-state index in [0.29, 0.717) is 5.56 Å². The first-order valence-corrected chi connectivity index (χ1v) is 9.12. The number of amides is 1. The number of rotatable bonds is 5. The Hall–Kier alpha value is -1.96. The van der Waals surface area contributed by atoms with Crippen LogP contribution in [0.15, 0.2) is 34.5 Å². The molecule has 2 unspecified atom stereocenters. The van der Waals surface area contributed by atoms with Gasteiger partial charge in [0.1, 0.15) is 0 Å². The van der Waals surface area contributed by atoms with Gasteiger partial charge >= 0.3 is 11.8 Å². The lowest BCUT2D eigenvalue weighted by Gasteiger charge is -2.63. The van der Waals surface area contributed by atoms with Gasteiger partial charge in [0.25, 0.3) is 0 Å². The van der Waals surface area contributed by atoms with E-state index < -0.39 is 11.8 Å². The molecule has 8 heteroatoms. The summed E-state index contributed by atoms with van der Waals surface area (Å²) in [5.74, 6) is -0.0279. The summed E-state index contributed by atoms with van der Waals surface area (Å²) in [4.78, 5) is 14.5. The molecule has 2 atom stereocenters. The molecule has 0 aromatic heterocycles. The van der Waals surface area contributed by atoms with Crippen molar-refractivity contribution in [1.82, 2.24) is 4.90 Å². The molecule has 1 amide bonds. The van der Waals surface area contributed by atoms with Crippen LogP contribution < -0.4 is 0 Å². The molecule has 146 valence electrons. The molecule has 5 nitrogen and oxygen atoms in total. The Balaban J connectivity index is 1.40. The van der Waals surface area contributed by atoms with Gasteiger partial charge in [-0.1, -0.05) is 30.7 Å². The van der Waals surface area contributed by atoms with E-state index in [1.54, 1.807) is 24.1 Å². The first kappa shape index (κ1) is 18.4. The van der Waals surface area contributed by atoms with Crippen LogP contribution in [0.4, 0.5) is 13.2 Å².